The summed E-state index contributed by atoms with van der Waals surface area (Å²) in [5, 5.41) is 14.0. The van der Waals surface area contributed by atoms with Gasteiger partial charge in [0.25, 0.3) is 0 Å². The minimum absolute atomic E-state index is 0.0631. The third-order valence-corrected chi connectivity index (χ3v) is 5.40. The molecule has 1 saturated carbocycles. The average Bonchev–Trinajstić information content (AvgIpc) is 3.11. The molecule has 1 aromatic rings. The van der Waals surface area contributed by atoms with E-state index in [4.69, 9.17) is 0 Å². The van der Waals surface area contributed by atoms with Crippen molar-refractivity contribution < 1.29 is 14.7 Å². The molecule has 0 bridgehead atoms. The van der Waals surface area contributed by atoms with E-state index in [0.717, 1.165) is 30.7 Å². The third kappa shape index (κ3) is 2.86. The fourth-order valence-corrected chi connectivity index (χ4v) is 4.43. The molecule has 2 heterocycles. The van der Waals surface area contributed by atoms with Gasteiger partial charge < -0.3 is 10.0 Å². The van der Waals surface area contributed by atoms with Crippen molar-refractivity contribution in [3.05, 3.63) is 17.5 Å². The van der Waals surface area contributed by atoms with Crippen molar-refractivity contribution in [3.63, 3.8) is 0 Å². The lowest BCUT2D eigenvalue weighted by molar-refractivity contribution is -0.150. The zero-order chi connectivity index (χ0) is 16.7. The van der Waals surface area contributed by atoms with Crippen LogP contribution in [0.3, 0.4) is 0 Å². The Bertz CT molecular complexity index is 625. The Morgan fingerprint density at radius 2 is 2.13 bits per heavy atom. The highest BCUT2D eigenvalue weighted by molar-refractivity contribution is 5.85. The Hall–Kier alpha value is -1.85. The number of carboxylic acids is 1. The van der Waals surface area contributed by atoms with Crippen molar-refractivity contribution in [2.45, 2.75) is 58.5 Å². The molecule has 3 rings (SSSR count). The number of aliphatic carboxylic acids is 1. The van der Waals surface area contributed by atoms with E-state index in [-0.39, 0.29) is 17.9 Å². The van der Waals surface area contributed by atoms with Gasteiger partial charge in [0.05, 0.1) is 11.7 Å². The highest BCUT2D eigenvalue weighted by Crippen LogP contribution is 2.42. The van der Waals surface area contributed by atoms with Crippen molar-refractivity contribution in [2.75, 3.05) is 6.54 Å². The molecular formula is C17H25N3O3. The minimum Gasteiger partial charge on any atom is -0.480 e. The summed E-state index contributed by atoms with van der Waals surface area (Å²) < 4.78 is 1.86. The topological polar surface area (TPSA) is 75.4 Å². The van der Waals surface area contributed by atoms with E-state index in [0.29, 0.717) is 18.9 Å². The fourth-order valence-electron chi connectivity index (χ4n) is 4.43. The molecule has 1 aliphatic carbocycles. The van der Waals surface area contributed by atoms with Crippen molar-refractivity contribution in [2.24, 2.45) is 11.8 Å². The van der Waals surface area contributed by atoms with E-state index in [1.165, 1.54) is 0 Å². The lowest BCUT2D eigenvalue weighted by Crippen LogP contribution is -2.43. The van der Waals surface area contributed by atoms with Crippen LogP contribution in [0, 0.1) is 25.7 Å². The van der Waals surface area contributed by atoms with E-state index >= 15 is 0 Å². The number of amides is 1. The molecule has 0 unspecified atom stereocenters. The number of rotatable bonds is 4. The molecule has 6 nitrogen and oxygen atoms in total. The standard InChI is InChI=1S/C17H25N3O3/c1-10-7-11(2)20(18-10)12(3)8-15(21)19-9-13-5-4-6-14(13)16(19)17(22)23/h7,12-14,16H,4-6,8-9H2,1-3H3,(H,22,23)/t12-,13+,14+,16+/m1/s1. The molecule has 23 heavy (non-hydrogen) atoms. The monoisotopic (exact) mass is 319 g/mol. The first-order valence-corrected chi connectivity index (χ1v) is 8.43. The van der Waals surface area contributed by atoms with Crippen molar-refractivity contribution >= 4 is 11.9 Å². The summed E-state index contributed by atoms with van der Waals surface area (Å²) in [6.45, 7) is 6.47. The van der Waals surface area contributed by atoms with E-state index < -0.39 is 12.0 Å². The van der Waals surface area contributed by atoms with Crippen molar-refractivity contribution in [3.8, 4) is 0 Å². The molecule has 4 atom stereocenters. The Morgan fingerprint density at radius 3 is 2.74 bits per heavy atom. The normalized spacial score (nSPS) is 28.0. The van der Waals surface area contributed by atoms with Crippen LogP contribution >= 0.6 is 0 Å². The Labute approximate surface area is 136 Å². The van der Waals surface area contributed by atoms with Gasteiger partial charge in [0.2, 0.25) is 5.91 Å². The summed E-state index contributed by atoms with van der Waals surface area (Å²) in [6.07, 6.45) is 3.36. The summed E-state index contributed by atoms with van der Waals surface area (Å²) in [5.41, 5.74) is 1.96. The highest BCUT2D eigenvalue weighted by Gasteiger charge is 2.49. The maximum absolute atomic E-state index is 12.7. The molecule has 1 saturated heterocycles. The van der Waals surface area contributed by atoms with E-state index in [2.05, 4.69) is 5.10 Å². The molecule has 6 heteroatoms. The second-order valence-corrected chi connectivity index (χ2v) is 7.11. The fraction of sp³-hybridized carbons (Fsp3) is 0.706. The largest absolute Gasteiger partial charge is 0.480 e. The van der Waals surface area contributed by atoms with Gasteiger partial charge in [0.15, 0.2) is 0 Å². The molecule has 0 spiro atoms. The second-order valence-electron chi connectivity index (χ2n) is 7.11. The molecular weight excluding hydrogens is 294 g/mol. The van der Waals surface area contributed by atoms with Gasteiger partial charge in [-0.1, -0.05) is 6.42 Å². The lowest BCUT2D eigenvalue weighted by Gasteiger charge is -2.26. The smallest absolute Gasteiger partial charge is 0.326 e. The van der Waals surface area contributed by atoms with E-state index in [1.807, 2.05) is 31.5 Å². The van der Waals surface area contributed by atoms with Gasteiger partial charge in [-0.25, -0.2) is 4.79 Å². The van der Waals surface area contributed by atoms with Gasteiger partial charge in [-0.15, -0.1) is 0 Å². The number of aromatic nitrogens is 2. The number of carboxylic acid groups (broad SMARTS) is 1. The van der Waals surface area contributed by atoms with Crippen LogP contribution in [-0.4, -0.2) is 44.3 Å². The predicted octanol–water partition coefficient (Wildman–Crippen LogP) is 2.16. The maximum atomic E-state index is 12.7. The number of hydrogen-bond acceptors (Lipinski definition) is 3. The van der Waals surface area contributed by atoms with Gasteiger partial charge in [-0.3, -0.25) is 9.48 Å². The summed E-state index contributed by atoms with van der Waals surface area (Å²) in [7, 11) is 0. The number of aryl methyl sites for hydroxylation is 2. The second kappa shape index (κ2) is 5.98. The Kier molecular flexibility index (Phi) is 4.17. The molecule has 0 radical (unpaired) electrons. The Morgan fingerprint density at radius 1 is 1.39 bits per heavy atom. The quantitative estimate of drug-likeness (QED) is 0.923. The van der Waals surface area contributed by atoms with Crippen LogP contribution in [0.2, 0.25) is 0 Å². The van der Waals surface area contributed by atoms with Gasteiger partial charge in [-0.05, 0) is 51.5 Å². The number of hydrogen-bond donors (Lipinski definition) is 1. The van der Waals surface area contributed by atoms with Crippen LogP contribution in [0.25, 0.3) is 0 Å². The van der Waals surface area contributed by atoms with Crippen molar-refractivity contribution in [1.82, 2.24) is 14.7 Å². The molecule has 126 valence electrons. The molecule has 0 aromatic carbocycles. The zero-order valence-electron chi connectivity index (χ0n) is 14.0. The number of carbonyl (C=O) groups is 2. The molecule has 1 aromatic heterocycles. The van der Waals surface area contributed by atoms with Gasteiger partial charge >= 0.3 is 5.97 Å². The zero-order valence-corrected chi connectivity index (χ0v) is 14.0. The number of likely N-dealkylation sites (tertiary alicyclic amines) is 1. The third-order valence-electron chi connectivity index (χ3n) is 5.40. The van der Waals surface area contributed by atoms with Crippen molar-refractivity contribution in [1.29, 1.82) is 0 Å². The first-order chi connectivity index (χ1) is 10.9. The van der Waals surface area contributed by atoms with Crippen LogP contribution in [-0.2, 0) is 9.59 Å². The molecule has 1 aliphatic heterocycles. The first kappa shape index (κ1) is 16.0. The van der Waals surface area contributed by atoms with Gasteiger partial charge in [-0.2, -0.15) is 5.10 Å². The van der Waals surface area contributed by atoms with E-state index in [1.54, 1.807) is 4.90 Å². The van der Waals surface area contributed by atoms with Crippen LogP contribution in [0.4, 0.5) is 0 Å². The summed E-state index contributed by atoms with van der Waals surface area (Å²) >= 11 is 0. The molecule has 2 fully saturated rings. The summed E-state index contributed by atoms with van der Waals surface area (Å²) in [6, 6.07) is 1.29. The lowest BCUT2D eigenvalue weighted by atomic mass is 9.94. The number of nitrogens with zero attached hydrogens (tertiary/aromatic N) is 3. The highest BCUT2D eigenvalue weighted by atomic mass is 16.4. The summed E-state index contributed by atoms with van der Waals surface area (Å²) in [5.74, 6) is -0.414. The maximum Gasteiger partial charge on any atom is 0.326 e. The van der Waals surface area contributed by atoms with E-state index in [9.17, 15) is 14.7 Å². The van der Waals surface area contributed by atoms with Crippen LogP contribution in [0.1, 0.15) is 50.0 Å². The van der Waals surface area contributed by atoms with Gasteiger partial charge in [0.1, 0.15) is 6.04 Å². The molecule has 2 aliphatic rings. The SMILES string of the molecule is Cc1cc(C)n([C@H](C)CC(=O)N2C[C@@H]3CCC[C@@H]3[C@H]2C(=O)O)n1. The average molecular weight is 319 g/mol. The summed E-state index contributed by atoms with van der Waals surface area (Å²) in [4.78, 5) is 26.0. The number of fused-ring (bicyclic) bond motifs is 1. The van der Waals surface area contributed by atoms with Crippen LogP contribution < -0.4 is 0 Å². The predicted molar refractivity (Wildman–Crippen MR) is 85.0 cm³/mol. The number of carbonyl (C=O) groups excluding carboxylic acids is 1. The molecule has 1 N–H and O–H groups in total. The first-order valence-electron chi connectivity index (χ1n) is 8.43. The van der Waals surface area contributed by atoms with Crippen LogP contribution in [0.15, 0.2) is 6.07 Å². The Balaban J connectivity index is 1.72. The van der Waals surface area contributed by atoms with Gasteiger partial charge in [0, 0.05) is 18.7 Å². The molecule has 1 amide bonds. The minimum atomic E-state index is -0.855. The van der Waals surface area contributed by atoms with Crippen LogP contribution in [0.5, 0.6) is 0 Å².